The molecule has 1 aromatic rings. The van der Waals surface area contributed by atoms with Crippen molar-refractivity contribution >= 4 is 23.7 Å². The van der Waals surface area contributed by atoms with Crippen molar-refractivity contribution in [2.45, 2.75) is 32.1 Å². The van der Waals surface area contributed by atoms with Gasteiger partial charge in [-0.3, -0.25) is 29.0 Å². The van der Waals surface area contributed by atoms with Gasteiger partial charge in [0.05, 0.1) is 5.41 Å². The van der Waals surface area contributed by atoms with Crippen molar-refractivity contribution in [3.8, 4) is 0 Å². The summed E-state index contributed by atoms with van der Waals surface area (Å²) in [5, 5.41) is 9.32. The van der Waals surface area contributed by atoms with Crippen LogP contribution in [0.4, 0.5) is 0 Å². The number of hydrogen-bond acceptors (Lipinski definition) is 5. The Kier molecular flexibility index (Phi) is 6.02. The van der Waals surface area contributed by atoms with Crippen LogP contribution in [0.2, 0.25) is 0 Å². The molecule has 3 rings (SSSR count). The molecule has 0 radical (unpaired) electrons. The van der Waals surface area contributed by atoms with Crippen molar-refractivity contribution in [2.75, 3.05) is 39.3 Å². The molecule has 8 heteroatoms. The van der Waals surface area contributed by atoms with Gasteiger partial charge in [-0.25, -0.2) is 0 Å². The summed E-state index contributed by atoms with van der Waals surface area (Å²) < 4.78 is 0. The molecule has 2 fully saturated rings. The molecular formula is C21H27N3O5. The summed E-state index contributed by atoms with van der Waals surface area (Å²) >= 11 is 0. The molecule has 0 aromatic heterocycles. The fourth-order valence-electron chi connectivity index (χ4n) is 3.62. The van der Waals surface area contributed by atoms with Crippen LogP contribution in [0.25, 0.3) is 0 Å². The number of imide groups is 1. The van der Waals surface area contributed by atoms with Gasteiger partial charge in [-0.2, -0.15) is 0 Å². The third-order valence-corrected chi connectivity index (χ3v) is 5.84. The van der Waals surface area contributed by atoms with Gasteiger partial charge in [0, 0.05) is 57.7 Å². The van der Waals surface area contributed by atoms with E-state index >= 15 is 0 Å². The van der Waals surface area contributed by atoms with E-state index in [2.05, 4.69) is 4.90 Å². The fraction of sp³-hybridized carbons (Fsp3) is 0.524. The average Bonchev–Trinajstić information content (AvgIpc) is 3.03. The predicted molar refractivity (Wildman–Crippen MR) is 105 cm³/mol. The number of hydrogen-bond donors (Lipinski definition) is 1. The van der Waals surface area contributed by atoms with Crippen LogP contribution in [0.1, 0.15) is 42.6 Å². The molecular weight excluding hydrogens is 374 g/mol. The fourth-order valence-corrected chi connectivity index (χ4v) is 3.62. The minimum absolute atomic E-state index is 0.0748. The summed E-state index contributed by atoms with van der Waals surface area (Å²) in [6.07, 6.45) is 0.618. The predicted octanol–water partition coefficient (Wildman–Crippen LogP) is 0.956. The number of piperazine rings is 1. The number of carbonyl (C=O) groups excluding carboxylic acids is 3. The largest absolute Gasteiger partial charge is 0.481 e. The van der Waals surface area contributed by atoms with Crippen molar-refractivity contribution in [3.05, 3.63) is 35.4 Å². The highest BCUT2D eigenvalue weighted by Gasteiger charge is 2.31. The number of amides is 3. The Morgan fingerprint density at radius 3 is 2.00 bits per heavy atom. The Morgan fingerprint density at radius 2 is 1.48 bits per heavy atom. The standard InChI is InChI=1S/C21H27N3O5/c1-21(2,20(28)29)16-5-3-15(4-6-16)19(27)23-12-9-22(10-13-23)11-14-24-17(25)7-8-18(24)26/h3-6H,7-14H2,1-2H3,(H,28,29). The van der Waals surface area contributed by atoms with E-state index in [1.807, 2.05) is 0 Å². The summed E-state index contributed by atoms with van der Waals surface area (Å²) in [5.41, 5.74) is 0.180. The van der Waals surface area contributed by atoms with E-state index in [4.69, 9.17) is 0 Å². The van der Waals surface area contributed by atoms with Crippen molar-refractivity contribution in [1.29, 1.82) is 0 Å². The minimum atomic E-state index is -1.01. The molecule has 0 atom stereocenters. The molecule has 0 bridgehead atoms. The van der Waals surface area contributed by atoms with Crippen LogP contribution in [0.15, 0.2) is 24.3 Å². The maximum Gasteiger partial charge on any atom is 0.313 e. The number of benzene rings is 1. The van der Waals surface area contributed by atoms with Crippen LogP contribution in [0.3, 0.4) is 0 Å². The summed E-state index contributed by atoms with van der Waals surface area (Å²) in [6.45, 7) is 6.82. The molecule has 8 nitrogen and oxygen atoms in total. The van der Waals surface area contributed by atoms with E-state index in [1.165, 1.54) is 4.90 Å². The topological polar surface area (TPSA) is 98.2 Å². The third kappa shape index (κ3) is 4.48. The van der Waals surface area contributed by atoms with Crippen molar-refractivity contribution in [3.63, 3.8) is 0 Å². The number of aliphatic carboxylic acids is 1. The molecule has 2 aliphatic heterocycles. The van der Waals surface area contributed by atoms with Crippen LogP contribution >= 0.6 is 0 Å². The summed E-state index contributed by atoms with van der Waals surface area (Å²) in [7, 11) is 0. The lowest BCUT2D eigenvalue weighted by Gasteiger charge is -2.35. The van der Waals surface area contributed by atoms with Crippen LogP contribution in [0, 0.1) is 0 Å². The normalized spacial score (nSPS) is 18.4. The first kappa shape index (κ1) is 21.0. The lowest BCUT2D eigenvalue weighted by atomic mass is 9.84. The smallest absolute Gasteiger partial charge is 0.313 e. The van der Waals surface area contributed by atoms with Crippen LogP contribution in [-0.4, -0.2) is 82.8 Å². The zero-order chi connectivity index (χ0) is 21.2. The van der Waals surface area contributed by atoms with E-state index in [9.17, 15) is 24.3 Å². The summed E-state index contributed by atoms with van der Waals surface area (Å²) in [5.74, 6) is -1.18. The van der Waals surface area contributed by atoms with Gasteiger partial charge in [-0.1, -0.05) is 12.1 Å². The first-order valence-corrected chi connectivity index (χ1v) is 9.89. The van der Waals surface area contributed by atoms with Crippen molar-refractivity contribution in [2.24, 2.45) is 0 Å². The Morgan fingerprint density at radius 1 is 0.931 bits per heavy atom. The van der Waals surface area contributed by atoms with Crippen molar-refractivity contribution in [1.82, 2.24) is 14.7 Å². The maximum absolute atomic E-state index is 12.7. The lowest BCUT2D eigenvalue weighted by molar-refractivity contribution is -0.142. The van der Waals surface area contributed by atoms with Gasteiger partial charge in [0.2, 0.25) is 11.8 Å². The molecule has 1 N–H and O–H groups in total. The number of carbonyl (C=O) groups is 4. The highest BCUT2D eigenvalue weighted by atomic mass is 16.4. The molecule has 2 heterocycles. The van der Waals surface area contributed by atoms with E-state index in [0.717, 1.165) is 0 Å². The van der Waals surface area contributed by atoms with Crippen molar-refractivity contribution < 1.29 is 24.3 Å². The van der Waals surface area contributed by atoms with E-state index < -0.39 is 11.4 Å². The zero-order valence-electron chi connectivity index (χ0n) is 16.9. The molecule has 29 heavy (non-hydrogen) atoms. The Hall–Kier alpha value is -2.74. The second-order valence-corrected chi connectivity index (χ2v) is 8.08. The number of carboxylic acids is 1. The van der Waals surface area contributed by atoms with E-state index in [-0.39, 0.29) is 17.7 Å². The SMILES string of the molecule is CC(C)(C(=O)O)c1ccc(C(=O)N2CCN(CCN3C(=O)CCC3=O)CC2)cc1. The summed E-state index contributed by atoms with van der Waals surface area (Å²) in [6, 6.07) is 6.75. The first-order chi connectivity index (χ1) is 13.7. The van der Waals surface area contributed by atoms with Gasteiger partial charge in [0.1, 0.15) is 0 Å². The van der Waals surface area contributed by atoms with E-state index in [1.54, 1.807) is 43.0 Å². The number of likely N-dealkylation sites (tertiary alicyclic amines) is 1. The Balaban J connectivity index is 1.51. The molecule has 0 spiro atoms. The molecule has 2 aliphatic rings. The second-order valence-electron chi connectivity index (χ2n) is 8.08. The van der Waals surface area contributed by atoms with Crippen LogP contribution in [0.5, 0.6) is 0 Å². The Bertz CT molecular complexity index is 794. The monoisotopic (exact) mass is 401 g/mol. The minimum Gasteiger partial charge on any atom is -0.481 e. The number of nitrogens with zero attached hydrogens (tertiary/aromatic N) is 3. The highest BCUT2D eigenvalue weighted by molar-refractivity contribution is 6.01. The molecule has 0 saturated carbocycles. The van der Waals surface area contributed by atoms with Gasteiger partial charge in [-0.05, 0) is 31.5 Å². The Labute approximate surface area is 170 Å². The van der Waals surface area contributed by atoms with E-state index in [0.29, 0.717) is 63.2 Å². The summed E-state index contributed by atoms with van der Waals surface area (Å²) in [4.78, 5) is 52.7. The quantitative estimate of drug-likeness (QED) is 0.713. The first-order valence-electron chi connectivity index (χ1n) is 9.89. The molecule has 2 saturated heterocycles. The van der Waals surface area contributed by atoms with Gasteiger partial charge in [-0.15, -0.1) is 0 Å². The van der Waals surface area contributed by atoms with Gasteiger partial charge in [0.15, 0.2) is 0 Å². The lowest BCUT2D eigenvalue weighted by Crippen LogP contribution is -2.50. The average molecular weight is 401 g/mol. The molecule has 156 valence electrons. The van der Waals surface area contributed by atoms with Crippen LogP contribution < -0.4 is 0 Å². The molecule has 1 aromatic carbocycles. The van der Waals surface area contributed by atoms with Crippen LogP contribution in [-0.2, 0) is 19.8 Å². The number of rotatable bonds is 6. The number of carboxylic acid groups (broad SMARTS) is 1. The van der Waals surface area contributed by atoms with Gasteiger partial charge >= 0.3 is 5.97 Å². The van der Waals surface area contributed by atoms with Gasteiger partial charge in [0.25, 0.3) is 5.91 Å². The second kappa shape index (κ2) is 8.32. The molecule has 0 aliphatic carbocycles. The molecule has 0 unspecified atom stereocenters. The maximum atomic E-state index is 12.7. The third-order valence-electron chi connectivity index (χ3n) is 5.84. The zero-order valence-corrected chi connectivity index (χ0v) is 16.9. The molecule has 3 amide bonds. The highest BCUT2D eigenvalue weighted by Crippen LogP contribution is 2.24. The van der Waals surface area contributed by atoms with Gasteiger partial charge < -0.3 is 10.0 Å².